The van der Waals surface area contributed by atoms with Crippen LogP contribution in [0.25, 0.3) is 0 Å². The Bertz CT molecular complexity index is 541. The minimum atomic E-state index is -0.852. The first-order valence-corrected chi connectivity index (χ1v) is 11.7. The van der Waals surface area contributed by atoms with E-state index in [4.69, 9.17) is 4.74 Å². The number of piperidine rings is 1. The van der Waals surface area contributed by atoms with E-state index in [0.29, 0.717) is 31.8 Å². The number of ketones is 2. The van der Waals surface area contributed by atoms with Gasteiger partial charge in [-0.3, -0.25) is 9.59 Å². The Balaban J connectivity index is 1.44. The highest BCUT2D eigenvalue weighted by Crippen LogP contribution is 2.29. The predicted molar refractivity (Wildman–Crippen MR) is 108 cm³/mol. The summed E-state index contributed by atoms with van der Waals surface area (Å²) in [5.74, 6) is 0.981. The van der Waals surface area contributed by atoms with E-state index in [9.17, 15) is 20.0 Å². The highest BCUT2D eigenvalue weighted by molar-refractivity contribution is 5.83. The van der Waals surface area contributed by atoms with Crippen molar-refractivity contribution in [1.29, 1.82) is 0 Å². The van der Waals surface area contributed by atoms with Crippen LogP contribution in [0.2, 0.25) is 0 Å². The molecule has 0 aromatic carbocycles. The van der Waals surface area contributed by atoms with Crippen LogP contribution in [0, 0.1) is 23.0 Å². The molecule has 2 aliphatic carbocycles. The first-order chi connectivity index (χ1) is 14.0. The number of hydrogen-bond acceptors (Lipinski definition) is 5. The third-order valence-electron chi connectivity index (χ3n) is 7.47. The molecule has 1 heterocycles. The van der Waals surface area contributed by atoms with E-state index in [1.807, 2.05) is 6.92 Å². The van der Waals surface area contributed by atoms with Crippen LogP contribution in [0.3, 0.4) is 0 Å². The Morgan fingerprint density at radius 2 is 1.66 bits per heavy atom. The molecule has 3 N–H and O–H groups in total. The lowest BCUT2D eigenvalue weighted by Crippen LogP contribution is -3.14. The lowest BCUT2D eigenvalue weighted by atomic mass is 9.78. The molecule has 0 bridgehead atoms. The zero-order valence-corrected chi connectivity index (χ0v) is 17.9. The number of carbonyl (C=O) groups is 2. The summed E-state index contributed by atoms with van der Waals surface area (Å²) in [7, 11) is 0. The summed E-state index contributed by atoms with van der Waals surface area (Å²) in [5.41, 5.74) is 0. The smallest absolute Gasteiger partial charge is 0.190 e. The number of likely N-dealkylation sites (tertiary alicyclic amines) is 1. The fourth-order valence-electron chi connectivity index (χ4n) is 5.71. The zero-order chi connectivity index (χ0) is 20.8. The molecule has 1 aliphatic heterocycles. The first-order valence-electron chi connectivity index (χ1n) is 11.7. The highest BCUT2D eigenvalue weighted by atomic mass is 16.8. The number of ether oxygens (including phenoxy) is 1. The second kappa shape index (κ2) is 11.0. The van der Waals surface area contributed by atoms with E-state index in [0.717, 1.165) is 45.2 Å². The lowest BCUT2D eigenvalue weighted by molar-refractivity contribution is -1.07. The average Bonchev–Trinajstić information content (AvgIpc) is 2.74. The van der Waals surface area contributed by atoms with Crippen LogP contribution in [-0.2, 0) is 14.3 Å². The number of quaternary nitrogens is 2. The van der Waals surface area contributed by atoms with Crippen molar-refractivity contribution in [3.8, 4) is 0 Å². The Kier molecular flexibility index (Phi) is 8.62. The summed E-state index contributed by atoms with van der Waals surface area (Å²) in [6.07, 6.45) is 9.08. The number of carbonyl (C=O) groups excluding carboxylic acids is 2. The Morgan fingerprint density at radius 1 is 1.00 bits per heavy atom. The van der Waals surface area contributed by atoms with Gasteiger partial charge in [-0.05, 0) is 32.6 Å². The summed E-state index contributed by atoms with van der Waals surface area (Å²) in [6.45, 7) is 4.62. The average molecular weight is 412 g/mol. The minimum Gasteiger partial charge on any atom is -0.600 e. The monoisotopic (exact) mass is 411 g/mol. The zero-order valence-electron chi connectivity index (χ0n) is 17.9. The van der Waals surface area contributed by atoms with Crippen molar-refractivity contribution in [2.24, 2.45) is 17.8 Å². The molecule has 3 aliphatic rings. The summed E-state index contributed by atoms with van der Waals surface area (Å²) < 4.78 is 5.59. The van der Waals surface area contributed by atoms with E-state index in [1.54, 1.807) is 0 Å². The van der Waals surface area contributed by atoms with Gasteiger partial charge in [0.1, 0.15) is 24.5 Å². The number of hydroxylamine groups is 2. The van der Waals surface area contributed by atoms with Crippen LogP contribution >= 0.6 is 0 Å². The molecule has 1 saturated heterocycles. The molecular formula is C22H39N2O5+. The predicted octanol–water partition coefficient (Wildman–Crippen LogP) is 0.346. The minimum absolute atomic E-state index is 0.165. The maximum Gasteiger partial charge on any atom is 0.190 e. The molecule has 29 heavy (non-hydrogen) atoms. The number of hydrogen-bond donors (Lipinski definition) is 3. The largest absolute Gasteiger partial charge is 0.600 e. The van der Waals surface area contributed by atoms with Crippen molar-refractivity contribution in [3.63, 3.8) is 0 Å². The van der Waals surface area contributed by atoms with Crippen molar-refractivity contribution in [1.82, 2.24) is 0 Å². The third-order valence-corrected chi connectivity index (χ3v) is 7.47. The van der Waals surface area contributed by atoms with Crippen LogP contribution in [0.1, 0.15) is 71.1 Å². The van der Waals surface area contributed by atoms with Crippen molar-refractivity contribution >= 4 is 11.6 Å². The van der Waals surface area contributed by atoms with E-state index in [-0.39, 0.29) is 29.6 Å². The molecule has 3 rings (SSSR count). The number of rotatable bonds is 8. The van der Waals surface area contributed by atoms with Gasteiger partial charge in [0, 0.05) is 43.6 Å². The molecule has 7 heteroatoms. The van der Waals surface area contributed by atoms with Gasteiger partial charge < -0.3 is 14.8 Å². The van der Waals surface area contributed by atoms with Gasteiger partial charge in [0.25, 0.3) is 0 Å². The maximum atomic E-state index is 12.8. The second-order valence-electron chi connectivity index (χ2n) is 9.35. The molecule has 7 nitrogen and oxygen atoms in total. The molecule has 4 atom stereocenters. The molecule has 2 saturated carbocycles. The van der Waals surface area contributed by atoms with Crippen LogP contribution < -0.4 is 10.1 Å². The van der Waals surface area contributed by atoms with Crippen molar-refractivity contribution < 1.29 is 29.7 Å². The normalized spacial score (nSPS) is 35.2. The summed E-state index contributed by atoms with van der Waals surface area (Å²) in [5, 5.41) is 20.3. The summed E-state index contributed by atoms with van der Waals surface area (Å²) in [4.78, 5) is 26.9. The summed E-state index contributed by atoms with van der Waals surface area (Å²) in [6, 6.07) is -0.577. The van der Waals surface area contributed by atoms with Crippen LogP contribution in [0.5, 0.6) is 0 Å². The van der Waals surface area contributed by atoms with Gasteiger partial charge >= 0.3 is 0 Å². The number of Topliss-reactive ketones (excluding diaryl/α,β-unsaturated/α-hetero) is 2. The van der Waals surface area contributed by atoms with Crippen LogP contribution in [0.15, 0.2) is 0 Å². The molecule has 0 spiro atoms. The molecular weight excluding hydrogens is 372 g/mol. The van der Waals surface area contributed by atoms with Crippen molar-refractivity contribution in [2.75, 3.05) is 26.2 Å². The maximum absolute atomic E-state index is 12.8. The standard InChI is InChI=1S/C22H38N2O5/c1-2-29-21-9-8-18(14-19(21)24(27)28)20(25)15-23-12-10-17(11-13-23)22(26)16-6-4-3-5-7-16/h16-19,21,24,27H,2-15H2,1H3/p+1. The Morgan fingerprint density at radius 3 is 2.28 bits per heavy atom. The van der Waals surface area contributed by atoms with Gasteiger partial charge in [0.05, 0.1) is 13.1 Å². The molecule has 0 radical (unpaired) electrons. The van der Waals surface area contributed by atoms with Gasteiger partial charge in [-0.2, -0.15) is 0 Å². The van der Waals surface area contributed by atoms with E-state index < -0.39 is 11.3 Å². The van der Waals surface area contributed by atoms with Crippen LogP contribution in [-0.4, -0.2) is 55.2 Å². The van der Waals surface area contributed by atoms with Crippen LogP contribution in [0.4, 0.5) is 0 Å². The molecule has 3 fully saturated rings. The molecule has 0 aromatic rings. The van der Waals surface area contributed by atoms with E-state index >= 15 is 0 Å². The van der Waals surface area contributed by atoms with Gasteiger partial charge in [-0.15, -0.1) is 0 Å². The highest BCUT2D eigenvalue weighted by Gasteiger charge is 2.40. The topological polar surface area (TPSA) is 95.5 Å². The van der Waals surface area contributed by atoms with Gasteiger partial charge in [0.15, 0.2) is 5.78 Å². The van der Waals surface area contributed by atoms with Crippen molar-refractivity contribution in [3.05, 3.63) is 5.21 Å². The van der Waals surface area contributed by atoms with E-state index in [2.05, 4.69) is 0 Å². The Labute approximate surface area is 174 Å². The molecule has 0 aromatic heterocycles. The van der Waals surface area contributed by atoms with Gasteiger partial charge in [0.2, 0.25) is 0 Å². The Hall–Kier alpha value is -0.860. The SMILES string of the molecule is CCOC1CCC(C(=O)C[NH+]2CCC(C(=O)C3CCCCC3)CC2)CC1[NH+]([O-])O. The lowest BCUT2D eigenvalue weighted by Gasteiger charge is -2.37. The van der Waals surface area contributed by atoms with Gasteiger partial charge in [-0.25, -0.2) is 10.4 Å². The fourth-order valence-corrected chi connectivity index (χ4v) is 5.71. The molecule has 166 valence electrons. The summed E-state index contributed by atoms with van der Waals surface area (Å²) >= 11 is 0. The first kappa shape index (κ1) is 22.8. The number of nitrogens with one attached hydrogen (secondary N) is 2. The van der Waals surface area contributed by atoms with E-state index in [1.165, 1.54) is 24.2 Å². The fraction of sp³-hybridized carbons (Fsp3) is 0.909. The quantitative estimate of drug-likeness (QED) is 0.501. The second-order valence-corrected chi connectivity index (χ2v) is 9.35. The third kappa shape index (κ3) is 6.07. The molecule has 4 unspecified atom stereocenters. The molecule has 0 amide bonds. The van der Waals surface area contributed by atoms with Gasteiger partial charge in [-0.1, -0.05) is 19.3 Å². The van der Waals surface area contributed by atoms with Crippen molar-refractivity contribution in [2.45, 2.75) is 83.3 Å².